The van der Waals surface area contributed by atoms with Gasteiger partial charge in [0.2, 0.25) is 0 Å². The van der Waals surface area contributed by atoms with E-state index in [1.54, 1.807) is 0 Å². The van der Waals surface area contributed by atoms with Crippen LogP contribution in [0.25, 0.3) is 0 Å². The molecule has 0 aliphatic heterocycles. The first-order chi connectivity index (χ1) is 6.27. The predicted octanol–water partition coefficient (Wildman–Crippen LogP) is 1.75. The maximum atomic E-state index is 11.3. The molecule has 0 aromatic carbocycles. The van der Waals surface area contributed by atoms with E-state index in [0.29, 0.717) is 6.61 Å². The number of hydrogen-bond acceptors (Lipinski definition) is 3. The molecule has 3 nitrogen and oxygen atoms in total. The van der Waals surface area contributed by atoms with E-state index in [9.17, 15) is 4.79 Å². The smallest absolute Gasteiger partial charge is 0.309 e. The summed E-state index contributed by atoms with van der Waals surface area (Å²) < 4.78 is 10.4. The molecule has 0 unspecified atom stereocenters. The van der Waals surface area contributed by atoms with Gasteiger partial charge in [0.1, 0.15) is 0 Å². The van der Waals surface area contributed by atoms with Crippen molar-refractivity contribution >= 4 is 5.97 Å². The summed E-state index contributed by atoms with van der Waals surface area (Å²) in [6.07, 6.45) is 3.03. The van der Waals surface area contributed by atoms with Crippen molar-refractivity contribution < 1.29 is 14.3 Å². The largest absolute Gasteiger partial charge is 0.466 e. The molecule has 1 aliphatic carbocycles. The van der Waals surface area contributed by atoms with Gasteiger partial charge in [-0.25, -0.2) is 0 Å². The Morgan fingerprint density at radius 3 is 2.69 bits per heavy atom. The lowest BCUT2D eigenvalue weighted by atomic mass is 10.1. The Kier molecular flexibility index (Phi) is 4.22. The fourth-order valence-corrected chi connectivity index (χ4v) is 1.80. The zero-order chi connectivity index (χ0) is 9.68. The van der Waals surface area contributed by atoms with Crippen molar-refractivity contribution in [2.45, 2.75) is 39.2 Å². The molecule has 0 N–H and O–H groups in total. The van der Waals surface area contributed by atoms with Crippen LogP contribution in [0.4, 0.5) is 0 Å². The summed E-state index contributed by atoms with van der Waals surface area (Å²) in [4.78, 5) is 11.3. The fourth-order valence-electron chi connectivity index (χ4n) is 1.80. The second-order valence-electron chi connectivity index (χ2n) is 3.34. The molecule has 0 bridgehead atoms. The zero-order valence-electron chi connectivity index (χ0n) is 8.41. The van der Waals surface area contributed by atoms with E-state index in [-0.39, 0.29) is 18.0 Å². The van der Waals surface area contributed by atoms with E-state index < -0.39 is 0 Å². The van der Waals surface area contributed by atoms with E-state index in [0.717, 1.165) is 25.9 Å². The minimum absolute atomic E-state index is 0.0512. The number of carbonyl (C=O) groups excluding carboxylic acids is 1. The third kappa shape index (κ3) is 2.99. The summed E-state index contributed by atoms with van der Waals surface area (Å²) in [6, 6.07) is 0. The Hall–Kier alpha value is -0.570. The van der Waals surface area contributed by atoms with Crippen molar-refractivity contribution in [2.75, 3.05) is 13.2 Å². The number of ether oxygens (including phenoxy) is 2. The summed E-state index contributed by atoms with van der Waals surface area (Å²) >= 11 is 0. The number of hydrogen-bond donors (Lipinski definition) is 0. The van der Waals surface area contributed by atoms with Gasteiger partial charge in [0.05, 0.1) is 18.6 Å². The molecule has 0 aromatic rings. The van der Waals surface area contributed by atoms with Gasteiger partial charge in [0.25, 0.3) is 0 Å². The maximum absolute atomic E-state index is 11.3. The topological polar surface area (TPSA) is 35.5 Å². The zero-order valence-corrected chi connectivity index (χ0v) is 8.41. The van der Waals surface area contributed by atoms with E-state index in [1.165, 1.54) is 0 Å². The van der Waals surface area contributed by atoms with Crippen LogP contribution in [0, 0.1) is 5.92 Å². The highest BCUT2D eigenvalue weighted by Gasteiger charge is 2.30. The Morgan fingerprint density at radius 2 is 2.08 bits per heavy atom. The van der Waals surface area contributed by atoms with Gasteiger partial charge in [-0.1, -0.05) is 0 Å². The molecular weight excluding hydrogens is 168 g/mol. The molecule has 0 radical (unpaired) electrons. The van der Waals surface area contributed by atoms with Crippen LogP contribution in [0.5, 0.6) is 0 Å². The summed E-state index contributed by atoms with van der Waals surface area (Å²) in [5, 5.41) is 0. The highest BCUT2D eigenvalue weighted by molar-refractivity contribution is 5.72. The van der Waals surface area contributed by atoms with Gasteiger partial charge in [-0.3, -0.25) is 4.79 Å². The SMILES string of the molecule is CCOC(=O)[C@H]1CC[C@H](OCC)C1. The van der Waals surface area contributed by atoms with Crippen LogP contribution in [0.3, 0.4) is 0 Å². The highest BCUT2D eigenvalue weighted by Crippen LogP contribution is 2.28. The van der Waals surface area contributed by atoms with Crippen LogP contribution >= 0.6 is 0 Å². The average Bonchev–Trinajstić information content (AvgIpc) is 2.54. The number of carbonyl (C=O) groups is 1. The lowest BCUT2D eigenvalue weighted by Crippen LogP contribution is -2.16. The molecule has 0 heterocycles. The predicted molar refractivity (Wildman–Crippen MR) is 49.4 cm³/mol. The summed E-state index contributed by atoms with van der Waals surface area (Å²) in [5.41, 5.74) is 0. The number of esters is 1. The van der Waals surface area contributed by atoms with Crippen molar-refractivity contribution in [2.24, 2.45) is 5.92 Å². The molecule has 0 amide bonds. The monoisotopic (exact) mass is 186 g/mol. The lowest BCUT2D eigenvalue weighted by molar-refractivity contribution is -0.148. The maximum Gasteiger partial charge on any atom is 0.309 e. The van der Waals surface area contributed by atoms with Crippen LogP contribution in [0.2, 0.25) is 0 Å². The van der Waals surface area contributed by atoms with E-state index in [1.807, 2.05) is 13.8 Å². The molecule has 1 rings (SSSR count). The second kappa shape index (κ2) is 5.22. The first kappa shape index (κ1) is 10.5. The van der Waals surface area contributed by atoms with Crippen LogP contribution in [-0.4, -0.2) is 25.3 Å². The Morgan fingerprint density at radius 1 is 1.31 bits per heavy atom. The van der Waals surface area contributed by atoms with Crippen molar-refractivity contribution in [3.63, 3.8) is 0 Å². The Balaban J connectivity index is 2.27. The molecule has 0 spiro atoms. The van der Waals surface area contributed by atoms with Crippen LogP contribution < -0.4 is 0 Å². The van der Waals surface area contributed by atoms with Crippen LogP contribution in [0.15, 0.2) is 0 Å². The molecule has 1 fully saturated rings. The minimum Gasteiger partial charge on any atom is -0.466 e. The van der Waals surface area contributed by atoms with Crippen LogP contribution in [-0.2, 0) is 14.3 Å². The molecule has 0 aromatic heterocycles. The van der Waals surface area contributed by atoms with Crippen molar-refractivity contribution in [3.8, 4) is 0 Å². The molecule has 0 saturated heterocycles. The third-order valence-electron chi connectivity index (χ3n) is 2.41. The van der Waals surface area contributed by atoms with E-state index >= 15 is 0 Å². The van der Waals surface area contributed by atoms with Gasteiger partial charge in [-0.05, 0) is 33.1 Å². The van der Waals surface area contributed by atoms with Crippen molar-refractivity contribution in [1.82, 2.24) is 0 Å². The quantitative estimate of drug-likeness (QED) is 0.627. The number of rotatable bonds is 4. The van der Waals surface area contributed by atoms with Gasteiger partial charge < -0.3 is 9.47 Å². The van der Waals surface area contributed by atoms with Gasteiger partial charge >= 0.3 is 5.97 Å². The summed E-state index contributed by atoms with van der Waals surface area (Å²) in [5.74, 6) is 0.0289. The summed E-state index contributed by atoms with van der Waals surface area (Å²) in [7, 11) is 0. The third-order valence-corrected chi connectivity index (χ3v) is 2.41. The average molecular weight is 186 g/mol. The molecule has 2 atom stereocenters. The summed E-state index contributed by atoms with van der Waals surface area (Å²) in [6.45, 7) is 5.04. The molecule has 76 valence electrons. The first-order valence-electron chi connectivity index (χ1n) is 5.06. The lowest BCUT2D eigenvalue weighted by Gasteiger charge is -2.10. The first-order valence-corrected chi connectivity index (χ1v) is 5.06. The van der Waals surface area contributed by atoms with Gasteiger partial charge in [0, 0.05) is 6.61 Å². The van der Waals surface area contributed by atoms with Crippen LogP contribution in [0.1, 0.15) is 33.1 Å². The van der Waals surface area contributed by atoms with Gasteiger partial charge in [0.15, 0.2) is 0 Å². The van der Waals surface area contributed by atoms with E-state index in [2.05, 4.69) is 0 Å². The molecule has 13 heavy (non-hydrogen) atoms. The van der Waals surface area contributed by atoms with Gasteiger partial charge in [-0.15, -0.1) is 0 Å². The van der Waals surface area contributed by atoms with Crippen molar-refractivity contribution in [1.29, 1.82) is 0 Å². The molecule has 3 heteroatoms. The van der Waals surface area contributed by atoms with Crippen molar-refractivity contribution in [3.05, 3.63) is 0 Å². The fraction of sp³-hybridized carbons (Fsp3) is 0.900. The minimum atomic E-state index is -0.0512. The standard InChI is InChI=1S/C10H18O3/c1-3-12-9-6-5-8(7-9)10(11)13-4-2/h8-9H,3-7H2,1-2H3/t8-,9-/m0/s1. The molecular formula is C10H18O3. The van der Waals surface area contributed by atoms with Gasteiger partial charge in [-0.2, -0.15) is 0 Å². The Labute approximate surface area is 79.4 Å². The normalized spacial score (nSPS) is 27.5. The molecule has 1 saturated carbocycles. The van der Waals surface area contributed by atoms with E-state index in [4.69, 9.17) is 9.47 Å². The molecule has 1 aliphatic rings. The Bertz CT molecular complexity index is 168. The highest BCUT2D eigenvalue weighted by atomic mass is 16.5. The second-order valence-corrected chi connectivity index (χ2v) is 3.34.